The number of hydrogen-bond acceptors (Lipinski definition) is 4. The summed E-state index contributed by atoms with van der Waals surface area (Å²) in [7, 11) is 1.67. The minimum Gasteiger partial charge on any atom is -0.395 e. The van der Waals surface area contributed by atoms with E-state index in [9.17, 15) is 4.79 Å². The highest BCUT2D eigenvalue weighted by Crippen LogP contribution is 2.11. The van der Waals surface area contributed by atoms with E-state index in [4.69, 9.17) is 9.84 Å². The van der Waals surface area contributed by atoms with Crippen molar-refractivity contribution in [2.45, 2.75) is 13.5 Å². The van der Waals surface area contributed by atoms with E-state index in [2.05, 4.69) is 10.2 Å². The summed E-state index contributed by atoms with van der Waals surface area (Å²) in [6, 6.07) is 7.71. The van der Waals surface area contributed by atoms with Gasteiger partial charge in [0.05, 0.1) is 13.2 Å². The summed E-state index contributed by atoms with van der Waals surface area (Å²) in [5.74, 6) is -0.0743. The van der Waals surface area contributed by atoms with Crippen molar-refractivity contribution < 1.29 is 14.6 Å². The molecule has 0 atom stereocenters. The van der Waals surface area contributed by atoms with Crippen molar-refractivity contribution >= 4 is 11.6 Å². The molecule has 5 heteroatoms. The molecule has 0 aromatic heterocycles. The summed E-state index contributed by atoms with van der Waals surface area (Å²) in [4.78, 5) is 13.0. The number of aliphatic hydroxyl groups excluding tert-OH is 1. The lowest BCUT2D eigenvalue weighted by Gasteiger charge is -2.21. The second-order valence-electron chi connectivity index (χ2n) is 4.37. The van der Waals surface area contributed by atoms with Gasteiger partial charge in [-0.3, -0.25) is 9.69 Å². The number of carbonyl (C=O) groups is 1. The van der Waals surface area contributed by atoms with Crippen molar-refractivity contribution in [3.63, 3.8) is 0 Å². The third kappa shape index (κ3) is 6.33. The summed E-state index contributed by atoms with van der Waals surface area (Å²) in [6.07, 6.45) is 0. The number of anilines is 1. The molecule has 2 N–H and O–H groups in total. The first-order chi connectivity index (χ1) is 9.15. The fourth-order valence-electron chi connectivity index (χ4n) is 1.79. The molecule has 0 fully saturated rings. The van der Waals surface area contributed by atoms with E-state index < -0.39 is 0 Å². The van der Waals surface area contributed by atoms with Gasteiger partial charge in [-0.1, -0.05) is 12.1 Å². The van der Waals surface area contributed by atoms with Crippen LogP contribution in [0.4, 0.5) is 5.69 Å². The minimum atomic E-state index is -0.0743. The molecule has 0 spiro atoms. The molecule has 0 saturated heterocycles. The lowest BCUT2D eigenvalue weighted by atomic mass is 10.2. The maximum atomic E-state index is 10.9. The van der Waals surface area contributed by atoms with Gasteiger partial charge in [0.1, 0.15) is 0 Å². The average Bonchev–Trinajstić information content (AvgIpc) is 2.38. The standard InChI is InChI=1S/C14H22N2O3/c1-12(18)15-14-5-3-13(4-6-14)11-16(7-9-17)8-10-19-2/h3-6,17H,7-11H2,1-2H3,(H,15,18). The summed E-state index contributed by atoms with van der Waals surface area (Å²) < 4.78 is 5.05. The minimum absolute atomic E-state index is 0.0743. The second-order valence-corrected chi connectivity index (χ2v) is 4.37. The van der Waals surface area contributed by atoms with Crippen LogP contribution < -0.4 is 5.32 Å². The molecule has 0 radical (unpaired) electrons. The predicted molar refractivity (Wildman–Crippen MR) is 75.0 cm³/mol. The Balaban J connectivity index is 2.55. The third-order valence-electron chi connectivity index (χ3n) is 2.71. The van der Waals surface area contributed by atoms with Crippen molar-refractivity contribution in [3.05, 3.63) is 29.8 Å². The Hall–Kier alpha value is -1.43. The first-order valence-electron chi connectivity index (χ1n) is 6.34. The number of aliphatic hydroxyl groups is 1. The first kappa shape index (κ1) is 15.6. The molecule has 0 unspecified atom stereocenters. The topological polar surface area (TPSA) is 61.8 Å². The summed E-state index contributed by atoms with van der Waals surface area (Å²) in [5.41, 5.74) is 1.93. The molecule has 5 nitrogen and oxygen atoms in total. The first-order valence-corrected chi connectivity index (χ1v) is 6.34. The van der Waals surface area contributed by atoms with E-state index in [1.807, 2.05) is 24.3 Å². The Bertz CT molecular complexity index is 379. The van der Waals surface area contributed by atoms with Crippen molar-refractivity contribution in [1.29, 1.82) is 0 Å². The third-order valence-corrected chi connectivity index (χ3v) is 2.71. The fraction of sp³-hybridized carbons (Fsp3) is 0.500. The van der Waals surface area contributed by atoms with E-state index in [0.29, 0.717) is 13.2 Å². The van der Waals surface area contributed by atoms with Crippen LogP contribution >= 0.6 is 0 Å². The van der Waals surface area contributed by atoms with Crippen molar-refractivity contribution in [2.75, 3.05) is 38.7 Å². The molecule has 0 aliphatic carbocycles. The van der Waals surface area contributed by atoms with Crippen LogP contribution in [0.25, 0.3) is 0 Å². The van der Waals surface area contributed by atoms with Crippen molar-refractivity contribution in [2.24, 2.45) is 0 Å². The smallest absolute Gasteiger partial charge is 0.221 e. The van der Waals surface area contributed by atoms with Crippen LogP contribution in [-0.4, -0.2) is 49.3 Å². The lowest BCUT2D eigenvalue weighted by Crippen LogP contribution is -2.29. The zero-order valence-electron chi connectivity index (χ0n) is 11.6. The molecule has 19 heavy (non-hydrogen) atoms. The zero-order valence-corrected chi connectivity index (χ0v) is 11.6. The highest BCUT2D eigenvalue weighted by Gasteiger charge is 2.05. The summed E-state index contributed by atoms with van der Waals surface area (Å²) in [6.45, 7) is 4.42. The molecule has 0 heterocycles. The molecule has 0 bridgehead atoms. The zero-order chi connectivity index (χ0) is 14.1. The molecular formula is C14H22N2O3. The van der Waals surface area contributed by atoms with Crippen molar-refractivity contribution in [3.8, 4) is 0 Å². The molecule has 0 aliphatic heterocycles. The van der Waals surface area contributed by atoms with Gasteiger partial charge in [-0.2, -0.15) is 0 Å². The largest absolute Gasteiger partial charge is 0.395 e. The number of methoxy groups -OCH3 is 1. The SMILES string of the molecule is COCCN(CCO)Cc1ccc(NC(C)=O)cc1. The number of hydrogen-bond donors (Lipinski definition) is 2. The van der Waals surface area contributed by atoms with Crippen LogP contribution in [0.1, 0.15) is 12.5 Å². The second kappa shape index (κ2) is 8.63. The molecule has 1 aromatic rings. The Morgan fingerprint density at radius 1 is 1.32 bits per heavy atom. The van der Waals surface area contributed by atoms with E-state index in [1.165, 1.54) is 6.92 Å². The Morgan fingerprint density at radius 3 is 2.53 bits per heavy atom. The summed E-state index contributed by atoms with van der Waals surface area (Å²) in [5, 5.41) is 11.8. The molecular weight excluding hydrogens is 244 g/mol. The summed E-state index contributed by atoms with van der Waals surface area (Å²) >= 11 is 0. The Labute approximate surface area is 114 Å². The van der Waals surface area contributed by atoms with Gasteiger partial charge < -0.3 is 15.2 Å². The normalized spacial score (nSPS) is 10.7. The number of ether oxygens (including phenoxy) is 1. The average molecular weight is 266 g/mol. The maximum Gasteiger partial charge on any atom is 0.221 e. The molecule has 1 aromatic carbocycles. The van der Waals surface area contributed by atoms with E-state index >= 15 is 0 Å². The molecule has 1 amide bonds. The highest BCUT2D eigenvalue weighted by atomic mass is 16.5. The van der Waals surface area contributed by atoms with Gasteiger partial charge >= 0.3 is 0 Å². The number of rotatable bonds is 8. The van der Waals surface area contributed by atoms with Gasteiger partial charge in [0.2, 0.25) is 5.91 Å². The van der Waals surface area contributed by atoms with Gasteiger partial charge in [0, 0.05) is 39.4 Å². The van der Waals surface area contributed by atoms with Crippen LogP contribution in [0, 0.1) is 0 Å². The number of nitrogens with one attached hydrogen (secondary N) is 1. The highest BCUT2D eigenvalue weighted by molar-refractivity contribution is 5.88. The van der Waals surface area contributed by atoms with Crippen LogP contribution in [0.5, 0.6) is 0 Å². The molecule has 0 aliphatic rings. The Morgan fingerprint density at radius 2 is 2.00 bits per heavy atom. The monoisotopic (exact) mass is 266 g/mol. The van der Waals surface area contributed by atoms with Gasteiger partial charge in [0.25, 0.3) is 0 Å². The number of nitrogens with zero attached hydrogens (tertiary/aromatic N) is 1. The number of carbonyl (C=O) groups excluding carboxylic acids is 1. The molecule has 106 valence electrons. The van der Waals surface area contributed by atoms with Gasteiger partial charge in [-0.25, -0.2) is 0 Å². The van der Waals surface area contributed by atoms with Crippen LogP contribution in [0.2, 0.25) is 0 Å². The van der Waals surface area contributed by atoms with Crippen LogP contribution in [-0.2, 0) is 16.1 Å². The Kier molecular flexibility index (Phi) is 7.10. The number of amides is 1. The van der Waals surface area contributed by atoms with Gasteiger partial charge in [0.15, 0.2) is 0 Å². The fourth-order valence-corrected chi connectivity index (χ4v) is 1.79. The van der Waals surface area contributed by atoms with E-state index in [1.54, 1.807) is 7.11 Å². The maximum absolute atomic E-state index is 10.9. The molecule has 0 saturated carbocycles. The number of benzene rings is 1. The lowest BCUT2D eigenvalue weighted by molar-refractivity contribution is -0.114. The van der Waals surface area contributed by atoms with E-state index in [0.717, 1.165) is 24.3 Å². The van der Waals surface area contributed by atoms with Crippen molar-refractivity contribution in [1.82, 2.24) is 4.90 Å². The van der Waals surface area contributed by atoms with E-state index in [-0.39, 0.29) is 12.5 Å². The van der Waals surface area contributed by atoms with Crippen LogP contribution in [0.15, 0.2) is 24.3 Å². The van der Waals surface area contributed by atoms with Gasteiger partial charge in [-0.05, 0) is 17.7 Å². The predicted octanol–water partition coefficient (Wildman–Crippen LogP) is 1.09. The molecule has 1 rings (SSSR count). The quantitative estimate of drug-likeness (QED) is 0.739. The van der Waals surface area contributed by atoms with Crippen LogP contribution in [0.3, 0.4) is 0 Å². The van der Waals surface area contributed by atoms with Gasteiger partial charge in [-0.15, -0.1) is 0 Å².